The van der Waals surface area contributed by atoms with Crippen LogP contribution < -0.4 is 20.2 Å². The maximum absolute atomic E-state index is 14.9. The molecular formula is C55H63N3O14. The Kier molecular flexibility index (Phi) is 15.2. The number of hydrogen-bond acceptors (Lipinski definition) is 16. The highest BCUT2D eigenvalue weighted by Crippen LogP contribution is 2.49. The van der Waals surface area contributed by atoms with E-state index in [2.05, 4.69) is 22.3 Å². The predicted molar refractivity (Wildman–Crippen MR) is 269 cm³/mol. The van der Waals surface area contributed by atoms with Crippen LogP contribution in [0, 0.1) is 30.6 Å². The van der Waals surface area contributed by atoms with E-state index in [0.29, 0.717) is 19.0 Å². The molecule has 5 aromatic rings. The lowest BCUT2D eigenvalue weighted by molar-refractivity contribution is -0.160. The molecule has 1 aromatic heterocycles. The number of methoxy groups -OCH3 is 1. The Morgan fingerprint density at radius 1 is 0.917 bits per heavy atom. The molecule has 0 spiro atoms. The van der Waals surface area contributed by atoms with Gasteiger partial charge in [-0.05, 0) is 43.2 Å². The van der Waals surface area contributed by atoms with Crippen molar-refractivity contribution in [1.29, 1.82) is 0 Å². The standard InChI is InChI=1S/C55H63N3O14/c1-28-12-10-13-29(2)54(65)57-45-49(63)41-40(44-52(45)71-39-15-11-14-38(43(39)56-44)68-27-36-18-16-35(17-19-36)26-58-21-24-67-25-22-58)42-51(33(6)48(41)62)72-55(8,53(42)64)69-23-20-37(66-9)30(3)50(70-34(7)59)32(5)47(61)31(4)46(28)60/h10-20,23,28,30-32,37,46-47,50,60-61,63H,21-22,24-27H2,1-9H3,(H,57,65). The minimum Gasteiger partial charge on any atom is -0.505 e. The number of hydrogen-bond donors (Lipinski definition) is 4. The summed E-state index contributed by atoms with van der Waals surface area (Å²) in [6, 6.07) is 13.2. The number of aromatic nitrogens is 1. The van der Waals surface area contributed by atoms with Gasteiger partial charge in [-0.2, -0.15) is 0 Å². The summed E-state index contributed by atoms with van der Waals surface area (Å²) in [5.41, 5.74) is 1.29. The molecule has 382 valence electrons. The Hall–Kier alpha value is -6.63. The number of anilines is 1. The number of aromatic hydroxyl groups is 1. The van der Waals surface area contributed by atoms with Gasteiger partial charge in [-0.1, -0.05) is 76.3 Å². The summed E-state index contributed by atoms with van der Waals surface area (Å²) < 4.78 is 42.5. The fraction of sp³-hybridized carbons (Fsp3) is 0.436. The third-order valence-electron chi connectivity index (χ3n) is 14.3. The predicted octanol–water partition coefficient (Wildman–Crippen LogP) is 7.41. The number of amides is 1. The van der Waals surface area contributed by atoms with Crippen LogP contribution in [0.2, 0.25) is 0 Å². The average molecular weight is 990 g/mol. The van der Waals surface area contributed by atoms with Gasteiger partial charge in [0.2, 0.25) is 0 Å². The first kappa shape index (κ1) is 51.7. The first-order chi connectivity index (χ1) is 34.3. The molecular weight excluding hydrogens is 927 g/mol. The van der Waals surface area contributed by atoms with Crippen LogP contribution in [-0.2, 0) is 41.7 Å². The van der Waals surface area contributed by atoms with Crippen LogP contribution in [0.1, 0.15) is 75.5 Å². The number of nitrogens with zero attached hydrogens (tertiary/aromatic N) is 2. The maximum Gasteiger partial charge on any atom is 0.312 e. The number of morpholine rings is 1. The van der Waals surface area contributed by atoms with Crippen molar-refractivity contribution in [2.75, 3.05) is 38.7 Å². The van der Waals surface area contributed by atoms with Gasteiger partial charge in [-0.15, -0.1) is 0 Å². The molecule has 1 saturated heterocycles. The summed E-state index contributed by atoms with van der Waals surface area (Å²) in [6.45, 7) is 16.7. The molecule has 3 aliphatic rings. The van der Waals surface area contributed by atoms with Crippen molar-refractivity contribution in [3.8, 4) is 17.2 Å². The number of carbonyl (C=O) groups is 3. The SMILES string of the molecule is COC1C=COC2(C)Oc3c(C)c(=O)c4c(O)c(c5oc6cccc(OCc7ccc(CN8CCOCC8)cc7)c6nc5c4c3C2=O)NC(=O)C(C)=CC=CC(C)C(O)C(C)C(O)C(C)C(OC(C)=O)C1C. The lowest BCUT2D eigenvalue weighted by atomic mass is 9.78. The largest absolute Gasteiger partial charge is 0.505 e. The molecule has 4 aromatic carbocycles. The minimum atomic E-state index is -2.08. The van der Waals surface area contributed by atoms with Gasteiger partial charge in [-0.3, -0.25) is 24.1 Å². The first-order valence-corrected chi connectivity index (χ1v) is 24.2. The number of rotatable bonds is 7. The number of para-hydroxylation sites is 1. The molecule has 8 rings (SSSR count). The van der Waals surface area contributed by atoms with Crippen LogP contribution in [0.3, 0.4) is 0 Å². The summed E-state index contributed by atoms with van der Waals surface area (Å²) >= 11 is 0. The zero-order chi connectivity index (χ0) is 51.8. The van der Waals surface area contributed by atoms with Crippen molar-refractivity contribution in [1.82, 2.24) is 9.88 Å². The van der Waals surface area contributed by atoms with Crippen LogP contribution in [0.15, 0.2) is 87.8 Å². The topological polar surface area (TPSA) is 226 Å². The molecule has 0 saturated carbocycles. The number of aliphatic hydroxyl groups is 2. The first-order valence-electron chi connectivity index (χ1n) is 24.2. The number of fused-ring (bicyclic) bond motifs is 2. The van der Waals surface area contributed by atoms with Crippen molar-refractivity contribution in [2.24, 2.45) is 23.7 Å². The van der Waals surface area contributed by atoms with E-state index in [1.807, 2.05) is 12.1 Å². The zero-order valence-corrected chi connectivity index (χ0v) is 42.0. The summed E-state index contributed by atoms with van der Waals surface area (Å²) in [7, 11) is 1.44. The van der Waals surface area contributed by atoms with Crippen molar-refractivity contribution in [2.45, 2.75) is 98.7 Å². The Morgan fingerprint density at radius 3 is 2.32 bits per heavy atom. The highest BCUT2D eigenvalue weighted by atomic mass is 16.7. The van der Waals surface area contributed by atoms with Gasteiger partial charge >= 0.3 is 11.8 Å². The van der Waals surface area contributed by atoms with E-state index >= 15 is 0 Å². The molecule has 4 heterocycles. The lowest BCUT2D eigenvalue weighted by Gasteiger charge is -2.38. The fourth-order valence-corrected chi connectivity index (χ4v) is 9.84. The van der Waals surface area contributed by atoms with Crippen LogP contribution in [-0.4, -0.2) is 106 Å². The lowest BCUT2D eigenvalue weighted by Crippen LogP contribution is -2.46. The minimum absolute atomic E-state index is 0.0239. The number of allylic oxidation sites excluding steroid dienone is 2. The monoisotopic (exact) mass is 989 g/mol. The number of phenols is 1. The van der Waals surface area contributed by atoms with Gasteiger partial charge in [0, 0.05) is 80.8 Å². The number of esters is 1. The van der Waals surface area contributed by atoms with E-state index in [-0.39, 0.29) is 67.7 Å². The maximum atomic E-state index is 14.9. The second kappa shape index (κ2) is 21.2. The van der Waals surface area contributed by atoms with Gasteiger partial charge in [0.1, 0.15) is 40.9 Å². The van der Waals surface area contributed by atoms with Crippen molar-refractivity contribution < 1.29 is 62.5 Å². The Bertz CT molecular complexity index is 3050. The highest BCUT2D eigenvalue weighted by molar-refractivity contribution is 6.26. The van der Waals surface area contributed by atoms with Gasteiger partial charge < -0.3 is 53.5 Å². The Balaban J connectivity index is 1.26. The summed E-state index contributed by atoms with van der Waals surface area (Å²) in [6.07, 6.45) is 3.57. The number of aliphatic hydroxyl groups excluding tert-OH is 2. The Labute approximate surface area is 417 Å². The van der Waals surface area contributed by atoms with E-state index < -0.39 is 82.7 Å². The summed E-state index contributed by atoms with van der Waals surface area (Å²) in [4.78, 5) is 63.4. The number of benzene rings is 4. The Morgan fingerprint density at radius 2 is 1.62 bits per heavy atom. The molecule has 4 N–H and O–H groups in total. The van der Waals surface area contributed by atoms with E-state index in [0.717, 1.165) is 30.8 Å². The van der Waals surface area contributed by atoms with Crippen molar-refractivity contribution in [3.05, 3.63) is 111 Å². The zero-order valence-electron chi connectivity index (χ0n) is 42.0. The molecule has 4 bridgehead atoms. The molecule has 0 aliphatic carbocycles. The van der Waals surface area contributed by atoms with Gasteiger partial charge in [0.25, 0.3) is 11.7 Å². The molecule has 72 heavy (non-hydrogen) atoms. The number of phenolic OH excluding ortho intramolecular Hbond substituents is 1. The second-order valence-electron chi connectivity index (χ2n) is 19.3. The molecule has 17 heteroatoms. The number of Topliss-reactive ketones (excluding diaryl/α,β-unsaturated/α-hetero) is 1. The third-order valence-corrected chi connectivity index (χ3v) is 14.3. The number of ether oxygens (including phenoxy) is 6. The summed E-state index contributed by atoms with van der Waals surface area (Å²) in [5, 5.41) is 37.6. The van der Waals surface area contributed by atoms with E-state index in [4.69, 9.17) is 37.8 Å². The van der Waals surface area contributed by atoms with Gasteiger partial charge in [-0.25, -0.2) is 4.98 Å². The smallest absolute Gasteiger partial charge is 0.312 e. The van der Waals surface area contributed by atoms with Crippen LogP contribution in [0.5, 0.6) is 17.2 Å². The molecule has 0 radical (unpaired) electrons. The van der Waals surface area contributed by atoms with E-state index in [1.54, 1.807) is 58.0 Å². The highest BCUT2D eigenvalue weighted by Gasteiger charge is 2.50. The van der Waals surface area contributed by atoms with Crippen molar-refractivity contribution >= 4 is 56.3 Å². The average Bonchev–Trinajstić information content (AvgIpc) is 3.63. The third kappa shape index (κ3) is 10.1. The molecule has 9 atom stereocenters. The van der Waals surface area contributed by atoms with E-state index in [1.165, 1.54) is 53.2 Å². The molecule has 1 amide bonds. The fourth-order valence-electron chi connectivity index (χ4n) is 9.84. The van der Waals surface area contributed by atoms with Crippen LogP contribution in [0.4, 0.5) is 5.69 Å². The van der Waals surface area contributed by atoms with Crippen molar-refractivity contribution in [3.63, 3.8) is 0 Å². The summed E-state index contributed by atoms with van der Waals surface area (Å²) in [5.74, 6) is -7.09. The second-order valence-corrected chi connectivity index (χ2v) is 19.3. The molecule has 9 unspecified atom stereocenters. The van der Waals surface area contributed by atoms with Crippen LogP contribution >= 0.6 is 0 Å². The van der Waals surface area contributed by atoms with Crippen LogP contribution in [0.25, 0.3) is 33.0 Å². The molecule has 17 nitrogen and oxygen atoms in total. The quantitative estimate of drug-likeness (QED) is 0.0539. The number of ketones is 1. The number of nitrogens with one attached hydrogen (secondary N) is 1. The molecule has 1 fully saturated rings. The number of carbonyl (C=O) groups excluding carboxylic acids is 3. The van der Waals surface area contributed by atoms with E-state index in [9.17, 15) is 34.5 Å². The molecule has 3 aliphatic heterocycles. The van der Waals surface area contributed by atoms with Gasteiger partial charge in [0.15, 0.2) is 22.3 Å². The normalized spacial score (nSPS) is 26.7. The van der Waals surface area contributed by atoms with Gasteiger partial charge in [0.05, 0.1) is 48.7 Å².